The van der Waals surface area contributed by atoms with Gasteiger partial charge >= 0.3 is 17.9 Å². The number of aromatic amines is 1. The first kappa shape index (κ1) is 65.8. The molecule has 29 nitrogen and oxygen atoms in total. The number of aliphatic hydroxyl groups is 1. The molecule has 0 unspecified atom stereocenters. The first-order chi connectivity index (χ1) is 36.1. The third kappa shape index (κ3) is 22.5. The largest absolute Gasteiger partial charge is 0.481 e. The van der Waals surface area contributed by atoms with Crippen LogP contribution < -0.4 is 54.0 Å². The predicted molar refractivity (Wildman–Crippen MR) is 272 cm³/mol. The summed E-state index contributed by atoms with van der Waals surface area (Å²) in [6.45, 7) is 10.9. The van der Waals surface area contributed by atoms with E-state index in [0.29, 0.717) is 18.5 Å². The van der Waals surface area contributed by atoms with E-state index in [1.165, 1.54) is 33.3 Å². The van der Waals surface area contributed by atoms with Crippen LogP contribution in [0.1, 0.15) is 118 Å². The number of hydrogen-bond acceptors (Lipinski definition) is 16. The van der Waals surface area contributed by atoms with Crippen LogP contribution in [0.25, 0.3) is 0 Å². The van der Waals surface area contributed by atoms with E-state index >= 15 is 0 Å². The molecular formula is C48H79N13O16. The molecule has 0 aromatic carbocycles. The van der Waals surface area contributed by atoms with Gasteiger partial charge in [0.25, 0.3) is 0 Å². The Labute approximate surface area is 445 Å². The molecule has 1 aliphatic heterocycles. The first-order valence-corrected chi connectivity index (χ1v) is 25.6. The van der Waals surface area contributed by atoms with Crippen molar-refractivity contribution in [1.82, 2.24) is 57.4 Å². The van der Waals surface area contributed by atoms with Crippen molar-refractivity contribution in [3.05, 3.63) is 18.2 Å². The van der Waals surface area contributed by atoms with Crippen LogP contribution in [-0.4, -0.2) is 186 Å². The molecule has 0 bridgehead atoms. The summed E-state index contributed by atoms with van der Waals surface area (Å²) in [7, 11) is 0. The number of aromatic nitrogens is 2. The van der Waals surface area contributed by atoms with Gasteiger partial charge in [0.15, 0.2) is 0 Å². The summed E-state index contributed by atoms with van der Waals surface area (Å²) in [5.41, 5.74) is 11.5. The van der Waals surface area contributed by atoms with Gasteiger partial charge in [-0.25, -0.2) is 9.78 Å². The van der Waals surface area contributed by atoms with Crippen molar-refractivity contribution in [2.24, 2.45) is 23.3 Å². The van der Waals surface area contributed by atoms with Crippen LogP contribution >= 0.6 is 0 Å². The number of carbonyl (C=O) groups is 12. The standard InChI is InChI=1S/C48H79N13O16/c1-23(2)19-32(57-43(71)33(20-28-21-51-22-52-28)58-46(74)37(24(3)4)59-40(68)26(6)53-39(67)25(5)50)44(72)60-38(27(7)62)47(75)61-18-10-12-34(61)45(73)55-30(14-16-36(65)66)41(69)54-29(13-15-35(63)64)42(70)56-31(48(76)77)11-8-9-17-49/h21-27,29-34,37-38,62H,8-20,49-50H2,1-7H3,(H,51,52)(H,53,67)(H,54,69)(H,55,73)(H,56,70)(H,57,71)(H,58,74)(H,59,68)(H,60,72)(H,63,64)(H,65,66)(H,76,77)/t25-,26-,27+,29-,30-,31-,32-,33-,34-,37-,38-/m0/s1/i3+1,4+1,24+1,37+1,46+1,59+1. The van der Waals surface area contributed by atoms with Gasteiger partial charge in [0.05, 0.1) is 18.5 Å². The maximum absolute atomic E-state index is 14.3. The highest BCUT2D eigenvalue weighted by Gasteiger charge is 2.42. The van der Waals surface area contributed by atoms with Crippen LogP contribution in [0.3, 0.4) is 0 Å². The molecule has 1 aliphatic rings. The van der Waals surface area contributed by atoms with Crippen LogP contribution in [0, 0.1) is 11.8 Å². The summed E-state index contributed by atoms with van der Waals surface area (Å²) in [6.07, 6.45) is -0.582. The van der Waals surface area contributed by atoms with Crippen LogP contribution in [0.2, 0.25) is 0 Å². The quantitative estimate of drug-likeness (QED) is 0.0179. The molecular weight excluding hydrogens is 1020 g/mol. The Bertz CT molecular complexity index is 2210. The van der Waals surface area contributed by atoms with E-state index in [-0.39, 0.29) is 51.1 Å². The molecule has 0 spiro atoms. The van der Waals surface area contributed by atoms with Crippen molar-refractivity contribution < 1.29 is 78.0 Å². The van der Waals surface area contributed by atoms with E-state index < -0.39 is 169 Å². The minimum absolute atomic E-state index is 0.00430. The van der Waals surface area contributed by atoms with Crippen LogP contribution in [-0.2, 0) is 64.0 Å². The van der Waals surface area contributed by atoms with Crippen molar-refractivity contribution in [1.29, 1.82) is 0 Å². The molecule has 0 radical (unpaired) electrons. The Hall–Kier alpha value is -7.27. The second kappa shape index (κ2) is 32.3. The lowest BCUT2D eigenvalue weighted by molar-refractivity contribution is -0.145. The van der Waals surface area contributed by atoms with Gasteiger partial charge in [-0.05, 0) is 90.5 Å². The number of aliphatic hydroxyl groups excluding tert-OH is 1. The zero-order valence-electron chi connectivity index (χ0n) is 44.6. The molecule has 2 heterocycles. The van der Waals surface area contributed by atoms with Crippen LogP contribution in [0.15, 0.2) is 12.5 Å². The molecule has 432 valence electrons. The molecule has 9 amide bonds. The highest BCUT2D eigenvalue weighted by atomic mass is 16.4. The average molecular weight is 1100 g/mol. The molecule has 29 heteroatoms. The summed E-state index contributed by atoms with van der Waals surface area (Å²) in [4.78, 5) is 166. The number of rotatable bonds is 34. The summed E-state index contributed by atoms with van der Waals surface area (Å²) in [5, 5.41) is 59.3. The first-order valence-electron chi connectivity index (χ1n) is 25.6. The fourth-order valence-corrected chi connectivity index (χ4v) is 8.05. The number of imidazole rings is 1. The fourth-order valence-electron chi connectivity index (χ4n) is 8.05. The fraction of sp³-hybridized carbons (Fsp3) is 0.688. The molecule has 1 aromatic rings. The number of nitrogens with one attached hydrogen (secondary N) is 9. The highest BCUT2D eigenvalue weighted by molar-refractivity contribution is 5.99. The minimum atomic E-state index is -1.73. The third-order valence-corrected chi connectivity index (χ3v) is 12.4. The Kier molecular flexibility index (Phi) is 27.7. The number of H-pyrrole nitrogens is 1. The van der Waals surface area contributed by atoms with Crippen molar-refractivity contribution in [2.45, 2.75) is 186 Å². The molecule has 17 N–H and O–H groups in total. The van der Waals surface area contributed by atoms with Gasteiger partial charge in [0.1, 0.15) is 54.4 Å². The van der Waals surface area contributed by atoms with Crippen molar-refractivity contribution in [3.8, 4) is 0 Å². The number of carboxylic acid groups (broad SMARTS) is 3. The van der Waals surface area contributed by atoms with Crippen molar-refractivity contribution in [3.63, 3.8) is 0 Å². The van der Waals surface area contributed by atoms with Crippen LogP contribution in [0.5, 0.6) is 0 Å². The number of likely N-dealkylation sites (tertiary alicyclic amines) is 1. The Morgan fingerprint density at radius 1 is 0.649 bits per heavy atom. The minimum Gasteiger partial charge on any atom is -0.481 e. The number of nitrogens with two attached hydrogens (primary N) is 2. The second-order valence-electron chi connectivity index (χ2n) is 19.9. The molecule has 2 rings (SSSR count). The zero-order valence-corrected chi connectivity index (χ0v) is 44.6. The third-order valence-electron chi connectivity index (χ3n) is 12.4. The highest BCUT2D eigenvalue weighted by Crippen LogP contribution is 2.21. The Morgan fingerprint density at radius 2 is 1.18 bits per heavy atom. The molecule has 1 fully saturated rings. The van der Waals surface area contributed by atoms with Gasteiger partial charge in [-0.2, -0.15) is 0 Å². The zero-order chi connectivity index (χ0) is 58.3. The lowest BCUT2D eigenvalue weighted by atomic mass is 10.0. The molecule has 11 atom stereocenters. The van der Waals surface area contributed by atoms with Gasteiger partial charge in [-0.3, -0.25) is 52.7 Å². The molecule has 0 aliphatic carbocycles. The maximum atomic E-state index is 14.3. The van der Waals surface area contributed by atoms with E-state index in [2.05, 4.69) is 52.5 Å². The average Bonchev–Trinajstić information content (AvgIpc) is 4.06. The molecule has 1 aromatic heterocycles. The number of aliphatic carboxylic acids is 3. The van der Waals surface area contributed by atoms with Gasteiger partial charge in [-0.1, -0.05) is 27.7 Å². The summed E-state index contributed by atoms with van der Waals surface area (Å²) < 4.78 is 0. The van der Waals surface area contributed by atoms with E-state index in [9.17, 15) is 78.0 Å². The van der Waals surface area contributed by atoms with Gasteiger partial charge in [0.2, 0.25) is 53.2 Å². The molecule has 1 saturated heterocycles. The summed E-state index contributed by atoms with van der Waals surface area (Å²) in [6, 6.07) is -13.9. The topological polar surface area (TPSA) is 466 Å². The second-order valence-corrected chi connectivity index (χ2v) is 19.9. The smallest absolute Gasteiger partial charge is 0.326 e. The number of hydrogen-bond donors (Lipinski definition) is 15. The number of nitrogens with zero attached hydrogens (tertiary/aromatic N) is 2. The van der Waals surface area contributed by atoms with Crippen molar-refractivity contribution in [2.75, 3.05) is 13.1 Å². The van der Waals surface area contributed by atoms with E-state index in [4.69, 9.17) is 11.5 Å². The normalized spacial score (nSPS) is 17.1. The van der Waals surface area contributed by atoms with E-state index in [1.54, 1.807) is 27.7 Å². The number of carboxylic acids is 3. The maximum Gasteiger partial charge on any atom is 0.326 e. The monoisotopic (exact) mass is 1100 g/mol. The van der Waals surface area contributed by atoms with E-state index in [1.807, 2.05) is 0 Å². The predicted octanol–water partition coefficient (Wildman–Crippen LogP) is -3.79. The Morgan fingerprint density at radius 3 is 1.69 bits per heavy atom. The lowest BCUT2D eigenvalue weighted by Crippen LogP contribution is -2.62. The van der Waals surface area contributed by atoms with Gasteiger partial charge < -0.3 is 84.3 Å². The van der Waals surface area contributed by atoms with Gasteiger partial charge in [0, 0.05) is 37.7 Å². The summed E-state index contributed by atoms with van der Waals surface area (Å²) in [5.74, 6) is -13.0. The molecule has 77 heavy (non-hydrogen) atoms. The van der Waals surface area contributed by atoms with Crippen molar-refractivity contribution >= 4 is 71.1 Å². The SMILES string of the molecule is CC(C)C[C@H](NC(=O)[C@H](Cc1cnc[nH]1)N[13C](=O)[13C@@H]([15NH]C(=O)[C@H](C)NC(=O)[C@H](C)N)[13CH]([13CH3])[13CH3])C(=O)N[C@H](C(=O)N1CCC[C@H]1C(=O)N[C@@H](CCC(=O)O)C(=O)N[C@@H](CCC(=O)O)C(=O)N[C@@H](CCCCN)C(=O)O)[C@@H](C)O. The van der Waals surface area contributed by atoms with Crippen LogP contribution in [0.4, 0.5) is 0 Å². The summed E-state index contributed by atoms with van der Waals surface area (Å²) >= 11 is 0. The Balaban J connectivity index is 2.38. The number of carbonyl (C=O) groups excluding carboxylic acids is 9. The van der Waals surface area contributed by atoms with E-state index in [0.717, 1.165) is 4.90 Å². The van der Waals surface area contributed by atoms with Gasteiger partial charge in [-0.15, -0.1) is 0 Å². The molecule has 0 saturated carbocycles. The lowest BCUT2D eigenvalue weighted by Gasteiger charge is -2.32. The number of amides is 9. The number of unbranched alkanes of at least 4 members (excludes halogenated alkanes) is 1.